The van der Waals surface area contributed by atoms with E-state index in [0.717, 1.165) is 27.9 Å². The van der Waals surface area contributed by atoms with Crippen molar-refractivity contribution in [2.24, 2.45) is 0 Å². The maximum Gasteiger partial charge on any atom is 0.261 e. The first kappa shape index (κ1) is 17.6. The van der Waals surface area contributed by atoms with Gasteiger partial charge in [0.25, 0.3) is 18.1 Å². The lowest BCUT2D eigenvalue weighted by molar-refractivity contribution is 0.609. The number of nitrogens with one attached hydrogen (secondary N) is 1. The monoisotopic (exact) mass is 427 g/mol. The van der Waals surface area contributed by atoms with Crippen molar-refractivity contribution < 1.29 is 16.8 Å². The fourth-order valence-corrected chi connectivity index (χ4v) is 5.68. The van der Waals surface area contributed by atoms with E-state index in [0.29, 0.717) is 16.2 Å². The van der Waals surface area contributed by atoms with Gasteiger partial charge in [0.2, 0.25) is 0 Å². The number of hydrogen-bond acceptors (Lipinski definition) is 5. The molecule has 0 radical (unpaired) electrons. The molecule has 0 spiro atoms. The molecule has 0 aromatic heterocycles. The highest BCUT2D eigenvalue weighted by Gasteiger charge is 2.25. The Morgan fingerprint density at radius 2 is 1.23 bits per heavy atom. The van der Waals surface area contributed by atoms with Gasteiger partial charge in [0.1, 0.15) is 0 Å². The van der Waals surface area contributed by atoms with E-state index in [9.17, 15) is 16.8 Å². The lowest BCUT2D eigenvalue weighted by Crippen LogP contribution is -2.01. The molecule has 0 aliphatic carbocycles. The van der Waals surface area contributed by atoms with E-state index in [1.165, 1.54) is 0 Å². The molecule has 0 saturated carbocycles. The Morgan fingerprint density at radius 1 is 0.731 bits per heavy atom. The van der Waals surface area contributed by atoms with Gasteiger partial charge in [-0.15, -0.1) is 0 Å². The first-order chi connectivity index (χ1) is 12.1. The normalized spacial score (nSPS) is 13.0. The molecule has 0 aliphatic rings. The number of hydrogen-bond donors (Lipinski definition) is 1. The maximum absolute atomic E-state index is 12.1. The van der Waals surface area contributed by atoms with Crippen molar-refractivity contribution in [1.29, 1.82) is 0 Å². The van der Waals surface area contributed by atoms with Gasteiger partial charge in [0.15, 0.2) is 0 Å². The summed E-state index contributed by atoms with van der Waals surface area (Å²) in [6.07, 6.45) is 0. The summed E-state index contributed by atoms with van der Waals surface area (Å²) in [6.45, 7) is 0. The predicted octanol–water partition coefficient (Wildman–Crippen LogP) is 4.48. The molecular weight excluding hydrogens is 417 g/mol. The molecule has 4 aromatic rings. The zero-order valence-corrected chi connectivity index (χ0v) is 16.4. The molecule has 4 rings (SSSR count). The minimum absolute atomic E-state index is 0.282. The summed E-state index contributed by atoms with van der Waals surface area (Å²) in [5, 5.41) is 6.72. The molecule has 1 N–H and O–H groups in total. The second-order valence-electron chi connectivity index (χ2n) is 5.86. The highest BCUT2D eigenvalue weighted by Crippen LogP contribution is 2.43. The molecule has 5 nitrogen and oxygen atoms in total. The summed E-state index contributed by atoms with van der Waals surface area (Å²) in [5.41, 5.74) is 0.835. The summed E-state index contributed by atoms with van der Waals surface area (Å²) in [4.78, 5) is -0.565. The van der Waals surface area contributed by atoms with Crippen LogP contribution < -0.4 is 5.32 Å². The summed E-state index contributed by atoms with van der Waals surface area (Å²) >= 11 is 0. The number of anilines is 1. The van der Waals surface area contributed by atoms with Gasteiger partial charge in [-0.25, -0.2) is 16.8 Å². The minimum Gasteiger partial charge on any atom is -0.388 e. The topological polar surface area (TPSA) is 80.3 Å². The Labute approximate surface area is 158 Å². The van der Waals surface area contributed by atoms with E-state index in [-0.39, 0.29) is 9.79 Å². The van der Waals surface area contributed by atoms with Crippen LogP contribution in [0.4, 0.5) is 5.69 Å². The average molecular weight is 428 g/mol. The molecule has 0 saturated heterocycles. The van der Waals surface area contributed by atoms with Gasteiger partial charge in [-0.05, 0) is 22.9 Å². The molecule has 0 bridgehead atoms. The fraction of sp³-hybridized carbons (Fsp3) is 0.0588. The maximum atomic E-state index is 12.1. The van der Waals surface area contributed by atoms with Crippen LogP contribution in [0.25, 0.3) is 32.3 Å². The van der Waals surface area contributed by atoms with Gasteiger partial charge in [-0.2, -0.15) is 0 Å². The molecule has 0 heterocycles. The molecule has 0 atom stereocenters. The second-order valence-corrected chi connectivity index (χ2v) is 10.9. The van der Waals surface area contributed by atoms with E-state index < -0.39 is 18.1 Å². The number of rotatable bonds is 3. The summed E-state index contributed by atoms with van der Waals surface area (Å²) < 4.78 is 48.4. The highest BCUT2D eigenvalue weighted by atomic mass is 35.7. The van der Waals surface area contributed by atoms with Crippen LogP contribution in [0.2, 0.25) is 0 Å². The van der Waals surface area contributed by atoms with Gasteiger partial charge in [0, 0.05) is 55.6 Å². The van der Waals surface area contributed by atoms with Crippen molar-refractivity contribution in [3.05, 3.63) is 42.5 Å². The third-order valence-corrected chi connectivity index (χ3v) is 7.22. The van der Waals surface area contributed by atoms with Gasteiger partial charge >= 0.3 is 0 Å². The van der Waals surface area contributed by atoms with E-state index in [2.05, 4.69) is 5.32 Å². The lowest BCUT2D eigenvalue weighted by atomic mass is 9.93. The van der Waals surface area contributed by atoms with Crippen LogP contribution in [0, 0.1) is 0 Å². The lowest BCUT2D eigenvalue weighted by Gasteiger charge is -2.16. The zero-order chi connectivity index (χ0) is 18.9. The Morgan fingerprint density at radius 3 is 1.77 bits per heavy atom. The molecule has 134 valence electrons. The van der Waals surface area contributed by atoms with Crippen molar-refractivity contribution in [1.82, 2.24) is 0 Å². The van der Waals surface area contributed by atoms with Gasteiger partial charge < -0.3 is 5.32 Å². The quantitative estimate of drug-likeness (QED) is 0.385. The van der Waals surface area contributed by atoms with Crippen LogP contribution in [0.1, 0.15) is 0 Å². The van der Waals surface area contributed by atoms with Crippen LogP contribution >= 0.6 is 21.4 Å². The molecule has 9 heteroatoms. The second kappa shape index (κ2) is 5.60. The first-order valence-electron chi connectivity index (χ1n) is 7.44. The number of benzene rings is 4. The van der Waals surface area contributed by atoms with Crippen LogP contribution in [0.5, 0.6) is 0 Å². The Bertz CT molecular complexity index is 1360. The molecule has 26 heavy (non-hydrogen) atoms. The van der Waals surface area contributed by atoms with Crippen molar-refractivity contribution in [2.45, 2.75) is 9.79 Å². The molecule has 0 aliphatic heterocycles. The Kier molecular flexibility index (Phi) is 3.79. The minimum atomic E-state index is -4.19. The Balaban J connectivity index is 2.42. The van der Waals surface area contributed by atoms with Crippen molar-refractivity contribution in [3.8, 4) is 0 Å². The number of halogens is 2. The molecule has 0 fully saturated rings. The third kappa shape index (κ3) is 2.50. The van der Waals surface area contributed by atoms with Crippen molar-refractivity contribution >= 4 is 77.5 Å². The predicted molar refractivity (Wildman–Crippen MR) is 106 cm³/mol. The van der Waals surface area contributed by atoms with Crippen LogP contribution in [-0.2, 0) is 18.1 Å². The van der Waals surface area contributed by atoms with Crippen molar-refractivity contribution in [2.75, 3.05) is 12.4 Å². The molecule has 0 amide bonds. The van der Waals surface area contributed by atoms with Crippen LogP contribution in [0.15, 0.2) is 52.3 Å². The first-order valence-corrected chi connectivity index (χ1v) is 12.1. The molecular formula is C17H11Cl2NO4S2. The van der Waals surface area contributed by atoms with Crippen LogP contribution in [-0.4, -0.2) is 23.9 Å². The third-order valence-electron chi connectivity index (χ3n) is 4.50. The largest absolute Gasteiger partial charge is 0.388 e. The van der Waals surface area contributed by atoms with E-state index in [1.54, 1.807) is 31.3 Å². The molecule has 4 aromatic carbocycles. The smallest absolute Gasteiger partial charge is 0.261 e. The Hall–Kier alpha value is -1.80. The van der Waals surface area contributed by atoms with Gasteiger partial charge in [0.05, 0.1) is 9.79 Å². The summed E-state index contributed by atoms with van der Waals surface area (Å²) in [7, 11) is 4.55. The standard InChI is InChI=1S/C17H11Cl2NO4S2/c1-20-13-7-3-9-2-4-11-14(25(18,21)22)8-15(26(19,23)24)12-6-5-10(13)16(9)17(11)12/h2-8,20H,1H3. The van der Waals surface area contributed by atoms with Crippen molar-refractivity contribution in [3.63, 3.8) is 0 Å². The zero-order valence-electron chi connectivity index (χ0n) is 13.2. The van der Waals surface area contributed by atoms with Gasteiger partial charge in [-0.3, -0.25) is 0 Å². The fourth-order valence-electron chi connectivity index (χ4n) is 3.45. The van der Waals surface area contributed by atoms with E-state index in [4.69, 9.17) is 21.4 Å². The summed E-state index contributed by atoms with van der Waals surface area (Å²) in [6, 6.07) is 11.6. The van der Waals surface area contributed by atoms with Crippen LogP contribution in [0.3, 0.4) is 0 Å². The SMILES string of the molecule is CNc1ccc2ccc3c(S(=O)(=O)Cl)cc(S(=O)(=O)Cl)c4ccc1c2c34. The average Bonchev–Trinajstić information content (AvgIpc) is 2.56. The highest BCUT2D eigenvalue weighted by molar-refractivity contribution is 8.14. The van der Waals surface area contributed by atoms with Gasteiger partial charge in [-0.1, -0.05) is 30.3 Å². The van der Waals surface area contributed by atoms with E-state index >= 15 is 0 Å². The van der Waals surface area contributed by atoms with E-state index in [1.807, 2.05) is 12.1 Å². The molecule has 0 unspecified atom stereocenters. The summed E-state index contributed by atoms with van der Waals surface area (Å²) in [5.74, 6) is 0.